The van der Waals surface area contributed by atoms with Crippen LogP contribution < -0.4 is 22.0 Å². The van der Waals surface area contributed by atoms with E-state index in [2.05, 4.69) is 40.4 Å². The predicted octanol–water partition coefficient (Wildman–Crippen LogP) is 0.177. The smallest absolute Gasteiger partial charge is 0.223 e. The molecule has 0 atom stereocenters. The monoisotopic (exact) mass is 377 g/mol. The summed E-state index contributed by atoms with van der Waals surface area (Å²) in [6.45, 7) is 3.20. The van der Waals surface area contributed by atoms with Crippen LogP contribution in [-0.2, 0) is 14.3 Å². The zero-order valence-electron chi connectivity index (χ0n) is 16.0. The minimum absolute atomic E-state index is 0.0876. The molecule has 27 heavy (non-hydrogen) atoms. The lowest BCUT2D eigenvalue weighted by Gasteiger charge is -2.18. The molecule has 2 aliphatic rings. The first kappa shape index (κ1) is 22.7. The molecule has 0 bridgehead atoms. The van der Waals surface area contributed by atoms with Gasteiger partial charge in [-0.2, -0.15) is 0 Å². The van der Waals surface area contributed by atoms with Gasteiger partial charge in [-0.05, 0) is 18.4 Å². The van der Waals surface area contributed by atoms with Crippen LogP contribution >= 0.6 is 0 Å². The highest BCUT2D eigenvalue weighted by Crippen LogP contribution is 2.13. The van der Waals surface area contributed by atoms with E-state index in [0.29, 0.717) is 32.8 Å². The maximum atomic E-state index is 10.9. The molecule has 1 aliphatic heterocycles. The Bertz CT molecular complexity index is 566. The van der Waals surface area contributed by atoms with Crippen LogP contribution in [0.4, 0.5) is 0 Å². The predicted molar refractivity (Wildman–Crippen MR) is 106 cm³/mol. The van der Waals surface area contributed by atoms with Crippen LogP contribution in [-0.4, -0.2) is 57.5 Å². The van der Waals surface area contributed by atoms with Crippen LogP contribution in [0.25, 0.3) is 0 Å². The van der Waals surface area contributed by atoms with Gasteiger partial charge < -0.3 is 25.9 Å². The summed E-state index contributed by atoms with van der Waals surface area (Å²) in [7, 11) is 1.60. The molecular formula is C19H31N5O3. The Morgan fingerprint density at radius 2 is 2.30 bits per heavy atom. The fourth-order valence-electron chi connectivity index (χ4n) is 2.24. The lowest BCUT2D eigenvalue weighted by molar-refractivity contribution is -0.122. The number of hydrogen-bond donors (Lipinski definition) is 4. The summed E-state index contributed by atoms with van der Waals surface area (Å²) in [5, 5.41) is 4.56. The van der Waals surface area contributed by atoms with Gasteiger partial charge in [-0.1, -0.05) is 24.1 Å². The molecule has 0 saturated heterocycles. The molecule has 8 heteroatoms. The third-order valence-corrected chi connectivity index (χ3v) is 3.66. The van der Waals surface area contributed by atoms with E-state index in [1.807, 2.05) is 11.2 Å². The molecule has 1 aliphatic carbocycles. The summed E-state index contributed by atoms with van der Waals surface area (Å²) < 4.78 is 9.85. The van der Waals surface area contributed by atoms with Crippen LogP contribution in [0.3, 0.4) is 0 Å². The van der Waals surface area contributed by atoms with Crippen LogP contribution in [0.5, 0.6) is 0 Å². The average molecular weight is 377 g/mol. The molecule has 5 N–H and O–H groups in total. The zero-order chi connectivity index (χ0) is 19.7. The van der Waals surface area contributed by atoms with Gasteiger partial charge in [-0.25, -0.2) is 0 Å². The summed E-state index contributed by atoms with van der Waals surface area (Å²) in [5.41, 5.74) is 14.0. The number of methoxy groups -OCH3 is 1. The van der Waals surface area contributed by atoms with Gasteiger partial charge in [0.15, 0.2) is 0 Å². The normalized spacial score (nSPS) is 15.1. The van der Waals surface area contributed by atoms with Gasteiger partial charge in [0.05, 0.1) is 38.6 Å². The van der Waals surface area contributed by atoms with Crippen molar-refractivity contribution in [2.45, 2.75) is 19.3 Å². The number of hydrazine groups is 2. The van der Waals surface area contributed by atoms with Crippen LogP contribution in [0.2, 0.25) is 0 Å². The van der Waals surface area contributed by atoms with Gasteiger partial charge in [-0.3, -0.25) is 9.80 Å². The lowest BCUT2D eigenvalue weighted by atomic mass is 10.1. The van der Waals surface area contributed by atoms with Crippen LogP contribution in [0.15, 0.2) is 35.7 Å². The molecular weight excluding hydrogens is 346 g/mol. The fourth-order valence-corrected chi connectivity index (χ4v) is 2.24. The molecule has 1 amide bonds. The van der Waals surface area contributed by atoms with E-state index in [-0.39, 0.29) is 12.5 Å². The van der Waals surface area contributed by atoms with E-state index in [4.69, 9.17) is 21.6 Å². The second-order valence-corrected chi connectivity index (χ2v) is 5.85. The maximum Gasteiger partial charge on any atom is 0.223 e. The van der Waals surface area contributed by atoms with Crippen LogP contribution in [0, 0.1) is 12.3 Å². The highest BCUT2D eigenvalue weighted by molar-refractivity contribution is 5.76. The van der Waals surface area contributed by atoms with Crippen molar-refractivity contribution in [2.24, 2.45) is 5.73 Å². The van der Waals surface area contributed by atoms with E-state index in [9.17, 15) is 4.79 Å². The lowest BCUT2D eigenvalue weighted by Crippen LogP contribution is -2.38. The van der Waals surface area contributed by atoms with E-state index in [0.717, 1.165) is 25.1 Å². The molecule has 150 valence electrons. The summed E-state index contributed by atoms with van der Waals surface area (Å²) in [6.07, 6.45) is 16.1. The minimum atomic E-state index is -0.0876. The molecule has 0 fully saturated rings. The second kappa shape index (κ2) is 14.8. The average Bonchev–Trinajstić information content (AvgIpc) is 3.15. The maximum absolute atomic E-state index is 10.9. The van der Waals surface area contributed by atoms with Crippen molar-refractivity contribution in [2.75, 3.05) is 46.6 Å². The van der Waals surface area contributed by atoms with Gasteiger partial charge in [-0.15, -0.1) is 12.0 Å². The zero-order valence-corrected chi connectivity index (χ0v) is 16.0. The standard InChI is InChI=1S/C10H16N4.C9H15NO3/c11-6-10-8-14(13-12-10)7-9-4-2-1-3-5-9;1-3-5-10-9(11)4-6-13-8-7-12-2/h1-2,4,8,12-13H,3,5-7,11H2;1H,4-8H2,2H3,(H,10,11). The highest BCUT2D eigenvalue weighted by atomic mass is 16.5. The third kappa shape index (κ3) is 11.1. The minimum Gasteiger partial charge on any atom is -0.382 e. The third-order valence-electron chi connectivity index (χ3n) is 3.66. The number of nitrogens with zero attached hydrogens (tertiary/aromatic N) is 1. The number of carbonyl (C=O) groups excluding carboxylic acids is 1. The molecule has 0 radical (unpaired) electrons. The van der Waals surface area contributed by atoms with Crippen molar-refractivity contribution in [1.82, 2.24) is 21.3 Å². The first-order chi connectivity index (χ1) is 13.2. The van der Waals surface area contributed by atoms with Gasteiger partial charge >= 0.3 is 0 Å². The van der Waals surface area contributed by atoms with E-state index in [1.165, 1.54) is 5.57 Å². The highest BCUT2D eigenvalue weighted by Gasteiger charge is 2.11. The molecule has 0 aromatic heterocycles. The second-order valence-electron chi connectivity index (χ2n) is 5.85. The molecule has 0 unspecified atom stereocenters. The number of rotatable bonds is 10. The van der Waals surface area contributed by atoms with Crippen molar-refractivity contribution in [3.63, 3.8) is 0 Å². The Morgan fingerprint density at radius 3 is 2.93 bits per heavy atom. The number of ether oxygens (including phenoxy) is 2. The summed E-state index contributed by atoms with van der Waals surface area (Å²) in [6, 6.07) is 0. The number of hydrogen-bond acceptors (Lipinski definition) is 7. The largest absolute Gasteiger partial charge is 0.382 e. The van der Waals surface area contributed by atoms with E-state index < -0.39 is 0 Å². The van der Waals surface area contributed by atoms with Crippen LogP contribution in [0.1, 0.15) is 19.3 Å². The fraction of sp³-hybridized carbons (Fsp3) is 0.526. The first-order valence-electron chi connectivity index (χ1n) is 9.00. The molecule has 1 heterocycles. The molecule has 2 rings (SSSR count). The molecule has 0 saturated carbocycles. The van der Waals surface area contributed by atoms with Crippen molar-refractivity contribution in [3.8, 4) is 12.3 Å². The molecule has 0 spiro atoms. The van der Waals surface area contributed by atoms with E-state index in [1.54, 1.807) is 7.11 Å². The molecule has 0 aromatic carbocycles. The number of allylic oxidation sites excluding steroid dienone is 3. The summed E-state index contributed by atoms with van der Waals surface area (Å²) in [4.78, 5) is 10.9. The number of amides is 1. The Kier molecular flexibility index (Phi) is 12.5. The first-order valence-corrected chi connectivity index (χ1v) is 9.00. The molecule has 0 aromatic rings. The SMILES string of the molecule is C#CCNC(=O)CCOCCOC.NCC1=CN(CC2=CC=CCC2)NN1. The number of nitrogens with one attached hydrogen (secondary N) is 3. The van der Waals surface area contributed by atoms with Crippen molar-refractivity contribution in [3.05, 3.63) is 35.7 Å². The van der Waals surface area contributed by atoms with Crippen molar-refractivity contribution < 1.29 is 14.3 Å². The quantitative estimate of drug-likeness (QED) is 0.318. The van der Waals surface area contributed by atoms with Gasteiger partial charge in [0.25, 0.3) is 0 Å². The van der Waals surface area contributed by atoms with Crippen molar-refractivity contribution in [1.29, 1.82) is 0 Å². The summed E-state index contributed by atoms with van der Waals surface area (Å²) in [5.74, 6) is 2.23. The van der Waals surface area contributed by atoms with Gasteiger partial charge in [0.1, 0.15) is 0 Å². The Hall–Kier alpha value is -2.31. The number of nitrogens with two attached hydrogens (primary N) is 1. The topological polar surface area (TPSA) is 101 Å². The number of carbonyl (C=O) groups is 1. The summed E-state index contributed by atoms with van der Waals surface area (Å²) >= 11 is 0. The van der Waals surface area contributed by atoms with E-state index >= 15 is 0 Å². The Morgan fingerprint density at radius 1 is 1.44 bits per heavy atom. The molecule has 8 nitrogen and oxygen atoms in total. The Labute approximate surface area is 161 Å². The Balaban J connectivity index is 0.000000271. The van der Waals surface area contributed by atoms with Crippen molar-refractivity contribution >= 4 is 5.91 Å². The number of terminal acetylenes is 1. The van der Waals surface area contributed by atoms with Gasteiger partial charge in [0, 0.05) is 26.3 Å². The van der Waals surface area contributed by atoms with Gasteiger partial charge in [0.2, 0.25) is 5.91 Å².